The van der Waals surface area contributed by atoms with Crippen LogP contribution in [0.2, 0.25) is 0 Å². The van der Waals surface area contributed by atoms with E-state index in [2.05, 4.69) is 14.9 Å². The maximum atomic E-state index is 12.8. The lowest BCUT2D eigenvalue weighted by atomic mass is 10.1. The Morgan fingerprint density at radius 1 is 1.19 bits per heavy atom. The van der Waals surface area contributed by atoms with E-state index in [1.807, 2.05) is 42.3 Å². The van der Waals surface area contributed by atoms with Crippen LogP contribution in [0.4, 0.5) is 0 Å². The fourth-order valence-electron chi connectivity index (χ4n) is 3.96. The summed E-state index contributed by atoms with van der Waals surface area (Å²) in [7, 11) is 0. The number of aromatic amines is 1. The minimum Gasteiger partial charge on any atom is -0.489 e. The number of rotatable bonds is 5. The molecule has 144 valence electrons. The lowest BCUT2D eigenvalue weighted by Gasteiger charge is -2.32. The number of likely N-dealkylation sites (tertiary alicyclic amines) is 2. The van der Waals surface area contributed by atoms with Gasteiger partial charge in [-0.05, 0) is 44.7 Å². The Balaban J connectivity index is 1.34. The lowest BCUT2D eigenvalue weighted by Crippen LogP contribution is -2.38. The predicted molar refractivity (Wildman–Crippen MR) is 104 cm³/mol. The minimum absolute atomic E-state index is 0.105. The molecule has 3 heterocycles. The van der Waals surface area contributed by atoms with Gasteiger partial charge < -0.3 is 14.6 Å². The first kappa shape index (κ1) is 18.0. The molecule has 0 unspecified atom stereocenters. The van der Waals surface area contributed by atoms with Gasteiger partial charge in [0.05, 0.1) is 12.1 Å². The van der Waals surface area contributed by atoms with Gasteiger partial charge in [0.1, 0.15) is 17.7 Å². The van der Waals surface area contributed by atoms with E-state index in [1.54, 1.807) is 0 Å². The Morgan fingerprint density at radius 2 is 1.93 bits per heavy atom. The van der Waals surface area contributed by atoms with Crippen LogP contribution in [0.15, 0.2) is 30.5 Å². The highest BCUT2D eigenvalue weighted by Gasteiger charge is 2.25. The molecule has 2 aliphatic heterocycles. The van der Waals surface area contributed by atoms with Crippen molar-refractivity contribution >= 4 is 5.91 Å². The number of carbonyl (C=O) groups is 1. The van der Waals surface area contributed by atoms with Crippen LogP contribution < -0.4 is 4.74 Å². The fraction of sp³-hybridized carbons (Fsp3) is 0.524. The molecule has 27 heavy (non-hydrogen) atoms. The molecule has 1 N–H and O–H groups in total. The van der Waals surface area contributed by atoms with Crippen molar-refractivity contribution in [2.24, 2.45) is 0 Å². The molecule has 2 saturated heterocycles. The number of hydrogen-bond acceptors (Lipinski definition) is 4. The number of aryl methyl sites for hydroxylation is 1. The molecule has 4 rings (SSSR count). The van der Waals surface area contributed by atoms with Crippen molar-refractivity contribution in [3.8, 4) is 5.75 Å². The number of benzene rings is 1. The molecular weight excluding hydrogens is 340 g/mol. The largest absolute Gasteiger partial charge is 0.489 e. The Labute approximate surface area is 160 Å². The van der Waals surface area contributed by atoms with Crippen LogP contribution in [0, 0.1) is 6.92 Å². The normalized spacial score (nSPS) is 18.8. The van der Waals surface area contributed by atoms with Gasteiger partial charge in [-0.25, -0.2) is 4.98 Å². The first-order valence-electron chi connectivity index (χ1n) is 9.97. The Morgan fingerprint density at radius 3 is 2.63 bits per heavy atom. The molecule has 1 amide bonds. The van der Waals surface area contributed by atoms with Gasteiger partial charge in [0.25, 0.3) is 5.91 Å². The SMILES string of the molecule is Cc1cnc(CN2CCC(Oc3ccccc3C(=O)N3CCCC3)CC2)[nH]1. The molecule has 2 fully saturated rings. The summed E-state index contributed by atoms with van der Waals surface area (Å²) in [5, 5.41) is 0. The van der Waals surface area contributed by atoms with Gasteiger partial charge in [0, 0.05) is 38.1 Å². The second-order valence-electron chi connectivity index (χ2n) is 7.60. The van der Waals surface area contributed by atoms with Crippen molar-refractivity contribution in [1.82, 2.24) is 19.8 Å². The zero-order chi connectivity index (χ0) is 18.6. The number of H-pyrrole nitrogens is 1. The van der Waals surface area contributed by atoms with Crippen LogP contribution >= 0.6 is 0 Å². The van der Waals surface area contributed by atoms with E-state index < -0.39 is 0 Å². The summed E-state index contributed by atoms with van der Waals surface area (Å²) in [5.41, 5.74) is 1.80. The van der Waals surface area contributed by atoms with Gasteiger partial charge in [-0.3, -0.25) is 9.69 Å². The van der Waals surface area contributed by atoms with E-state index in [0.29, 0.717) is 5.56 Å². The average molecular weight is 368 g/mol. The zero-order valence-corrected chi connectivity index (χ0v) is 16.0. The molecule has 1 aromatic carbocycles. The molecular formula is C21H28N4O2. The van der Waals surface area contributed by atoms with Crippen molar-refractivity contribution in [2.75, 3.05) is 26.2 Å². The fourth-order valence-corrected chi connectivity index (χ4v) is 3.96. The third-order valence-corrected chi connectivity index (χ3v) is 5.47. The number of para-hydroxylation sites is 1. The van der Waals surface area contributed by atoms with E-state index in [1.165, 1.54) is 0 Å². The number of aromatic nitrogens is 2. The second kappa shape index (κ2) is 8.13. The van der Waals surface area contributed by atoms with E-state index >= 15 is 0 Å². The van der Waals surface area contributed by atoms with Crippen LogP contribution in [0.3, 0.4) is 0 Å². The van der Waals surface area contributed by atoms with Crippen molar-refractivity contribution in [2.45, 2.75) is 45.3 Å². The summed E-state index contributed by atoms with van der Waals surface area (Å²) < 4.78 is 6.27. The molecule has 0 bridgehead atoms. The molecule has 0 atom stereocenters. The highest BCUT2D eigenvalue weighted by molar-refractivity contribution is 5.97. The smallest absolute Gasteiger partial charge is 0.257 e. The number of ether oxygens (including phenoxy) is 1. The molecule has 2 aromatic rings. The quantitative estimate of drug-likeness (QED) is 0.881. The number of piperidine rings is 1. The van der Waals surface area contributed by atoms with Crippen LogP contribution in [0.5, 0.6) is 5.75 Å². The van der Waals surface area contributed by atoms with Crippen LogP contribution in [-0.4, -0.2) is 58.0 Å². The van der Waals surface area contributed by atoms with E-state index in [4.69, 9.17) is 4.74 Å². The van der Waals surface area contributed by atoms with E-state index in [-0.39, 0.29) is 12.0 Å². The molecule has 2 aliphatic rings. The van der Waals surface area contributed by atoms with Gasteiger partial charge in [0.2, 0.25) is 0 Å². The lowest BCUT2D eigenvalue weighted by molar-refractivity contribution is 0.0763. The first-order valence-corrected chi connectivity index (χ1v) is 9.97. The van der Waals surface area contributed by atoms with Gasteiger partial charge in [-0.15, -0.1) is 0 Å². The molecule has 0 saturated carbocycles. The van der Waals surface area contributed by atoms with Gasteiger partial charge in [-0.1, -0.05) is 12.1 Å². The summed E-state index contributed by atoms with van der Waals surface area (Å²) in [6.45, 7) is 6.55. The van der Waals surface area contributed by atoms with Crippen molar-refractivity contribution in [3.05, 3.63) is 47.5 Å². The summed E-state index contributed by atoms with van der Waals surface area (Å²) in [5.74, 6) is 1.86. The standard InChI is InChI=1S/C21H28N4O2/c1-16-14-22-20(23-16)15-24-12-8-17(9-13-24)27-19-7-3-2-6-18(19)21(26)25-10-4-5-11-25/h2-3,6-7,14,17H,4-5,8-13,15H2,1H3,(H,22,23). The summed E-state index contributed by atoms with van der Waals surface area (Å²) >= 11 is 0. The highest BCUT2D eigenvalue weighted by Crippen LogP contribution is 2.26. The Hall–Kier alpha value is -2.34. The number of nitrogens with one attached hydrogen (secondary N) is 1. The molecule has 1 aromatic heterocycles. The summed E-state index contributed by atoms with van der Waals surface area (Å²) in [6.07, 6.45) is 6.16. The van der Waals surface area contributed by atoms with Gasteiger partial charge >= 0.3 is 0 Å². The summed E-state index contributed by atoms with van der Waals surface area (Å²) in [6, 6.07) is 7.69. The number of hydrogen-bond donors (Lipinski definition) is 1. The molecule has 0 spiro atoms. The number of nitrogens with zero attached hydrogens (tertiary/aromatic N) is 3. The second-order valence-corrected chi connectivity index (χ2v) is 7.60. The molecule has 0 aliphatic carbocycles. The molecule has 0 radical (unpaired) electrons. The van der Waals surface area contributed by atoms with Gasteiger partial charge in [0.15, 0.2) is 0 Å². The Kier molecular flexibility index (Phi) is 5.43. The molecule has 6 nitrogen and oxygen atoms in total. The summed E-state index contributed by atoms with van der Waals surface area (Å²) in [4.78, 5) is 24.8. The number of carbonyl (C=O) groups excluding carboxylic acids is 1. The van der Waals surface area contributed by atoms with E-state index in [9.17, 15) is 4.79 Å². The van der Waals surface area contributed by atoms with Crippen LogP contribution in [0.25, 0.3) is 0 Å². The van der Waals surface area contributed by atoms with Crippen molar-refractivity contribution in [1.29, 1.82) is 0 Å². The molecule has 6 heteroatoms. The monoisotopic (exact) mass is 368 g/mol. The third-order valence-electron chi connectivity index (χ3n) is 5.47. The van der Waals surface area contributed by atoms with Crippen molar-refractivity contribution < 1.29 is 9.53 Å². The minimum atomic E-state index is 0.105. The van der Waals surface area contributed by atoms with Crippen LogP contribution in [-0.2, 0) is 6.54 Å². The predicted octanol–water partition coefficient (Wildman–Crippen LogP) is 3.00. The topological polar surface area (TPSA) is 61.5 Å². The highest BCUT2D eigenvalue weighted by atomic mass is 16.5. The van der Waals surface area contributed by atoms with Crippen molar-refractivity contribution in [3.63, 3.8) is 0 Å². The number of imidazole rings is 1. The zero-order valence-electron chi connectivity index (χ0n) is 16.0. The maximum Gasteiger partial charge on any atom is 0.257 e. The average Bonchev–Trinajstić information content (AvgIpc) is 3.35. The number of amides is 1. The maximum absolute atomic E-state index is 12.8. The first-order chi connectivity index (χ1) is 13.2. The van der Waals surface area contributed by atoms with E-state index in [0.717, 1.165) is 75.7 Å². The van der Waals surface area contributed by atoms with Gasteiger partial charge in [-0.2, -0.15) is 0 Å². The third kappa shape index (κ3) is 4.33. The Bertz CT molecular complexity index is 774. The van der Waals surface area contributed by atoms with Crippen LogP contribution in [0.1, 0.15) is 47.6 Å².